The molecule has 0 bridgehead atoms. The molecule has 19 heavy (non-hydrogen) atoms. The average Bonchev–Trinajstić information content (AvgIpc) is 2.78. The summed E-state index contributed by atoms with van der Waals surface area (Å²) in [5.41, 5.74) is 0.333. The highest BCUT2D eigenvalue weighted by Gasteiger charge is 2.31. The van der Waals surface area contributed by atoms with E-state index < -0.39 is 11.5 Å². The van der Waals surface area contributed by atoms with Gasteiger partial charge in [-0.05, 0) is 52.1 Å². The predicted molar refractivity (Wildman–Crippen MR) is 75.1 cm³/mol. The number of nitrogens with one attached hydrogen (secondary N) is 1. The molecule has 1 rings (SSSR count). The van der Waals surface area contributed by atoms with E-state index in [1.807, 2.05) is 24.6 Å². The summed E-state index contributed by atoms with van der Waals surface area (Å²) in [5, 5.41) is 16.7. The van der Waals surface area contributed by atoms with Crippen LogP contribution in [0.25, 0.3) is 0 Å². The molecule has 1 aromatic rings. The maximum absolute atomic E-state index is 11.3. The number of aliphatic carboxylic acids is 1. The standard InChI is InChI=1S/C14H25N3O2/c1-4-9-15-14(3,13(18)19)8-5-6-11-17-12(2)7-10-16-17/h7,10,15H,4-6,8-9,11H2,1-3H3,(H,18,19). The van der Waals surface area contributed by atoms with Crippen molar-refractivity contribution in [1.82, 2.24) is 15.1 Å². The van der Waals surface area contributed by atoms with Crippen molar-refractivity contribution in [3.63, 3.8) is 0 Å². The van der Waals surface area contributed by atoms with E-state index in [2.05, 4.69) is 10.4 Å². The van der Waals surface area contributed by atoms with Crippen molar-refractivity contribution in [2.45, 2.75) is 58.5 Å². The van der Waals surface area contributed by atoms with Crippen molar-refractivity contribution in [3.8, 4) is 0 Å². The van der Waals surface area contributed by atoms with Gasteiger partial charge >= 0.3 is 5.97 Å². The van der Waals surface area contributed by atoms with E-state index in [4.69, 9.17) is 0 Å². The minimum absolute atomic E-state index is 0.642. The number of aromatic nitrogens is 2. The largest absolute Gasteiger partial charge is 0.480 e. The minimum Gasteiger partial charge on any atom is -0.480 e. The Morgan fingerprint density at radius 2 is 2.26 bits per heavy atom. The highest BCUT2D eigenvalue weighted by atomic mass is 16.4. The smallest absolute Gasteiger partial charge is 0.323 e. The maximum Gasteiger partial charge on any atom is 0.323 e. The highest BCUT2D eigenvalue weighted by molar-refractivity contribution is 5.78. The molecule has 1 heterocycles. The van der Waals surface area contributed by atoms with E-state index in [0.717, 1.165) is 38.0 Å². The molecule has 0 fully saturated rings. The van der Waals surface area contributed by atoms with Crippen LogP contribution in [0.3, 0.4) is 0 Å². The Morgan fingerprint density at radius 3 is 2.79 bits per heavy atom. The van der Waals surface area contributed by atoms with E-state index >= 15 is 0 Å². The predicted octanol–water partition coefficient (Wildman–Crippen LogP) is 2.20. The topological polar surface area (TPSA) is 67.2 Å². The van der Waals surface area contributed by atoms with Gasteiger partial charge in [0.25, 0.3) is 0 Å². The van der Waals surface area contributed by atoms with Crippen LogP contribution in [0.4, 0.5) is 0 Å². The molecule has 1 atom stereocenters. The molecule has 0 aliphatic rings. The monoisotopic (exact) mass is 267 g/mol. The van der Waals surface area contributed by atoms with Gasteiger partial charge in [-0.2, -0.15) is 5.10 Å². The van der Waals surface area contributed by atoms with Crippen LogP contribution in [0.5, 0.6) is 0 Å². The lowest BCUT2D eigenvalue weighted by molar-refractivity contribution is -0.144. The van der Waals surface area contributed by atoms with Gasteiger partial charge in [-0.1, -0.05) is 6.92 Å². The number of carbonyl (C=O) groups is 1. The number of hydrogen-bond acceptors (Lipinski definition) is 3. The van der Waals surface area contributed by atoms with E-state index in [9.17, 15) is 9.90 Å². The fraction of sp³-hybridized carbons (Fsp3) is 0.714. The zero-order valence-corrected chi connectivity index (χ0v) is 12.1. The third-order valence-corrected chi connectivity index (χ3v) is 3.46. The second kappa shape index (κ2) is 7.28. The second-order valence-corrected chi connectivity index (χ2v) is 5.22. The molecule has 1 aromatic heterocycles. The van der Waals surface area contributed by atoms with Gasteiger partial charge in [0.1, 0.15) is 5.54 Å². The van der Waals surface area contributed by atoms with Crippen molar-refractivity contribution >= 4 is 5.97 Å². The van der Waals surface area contributed by atoms with Crippen molar-refractivity contribution in [1.29, 1.82) is 0 Å². The van der Waals surface area contributed by atoms with Crippen molar-refractivity contribution < 1.29 is 9.90 Å². The fourth-order valence-electron chi connectivity index (χ4n) is 2.04. The molecule has 0 amide bonds. The van der Waals surface area contributed by atoms with Crippen molar-refractivity contribution in [2.75, 3.05) is 6.54 Å². The van der Waals surface area contributed by atoms with Crippen LogP contribution in [-0.2, 0) is 11.3 Å². The Balaban J connectivity index is 2.36. The van der Waals surface area contributed by atoms with Crippen molar-refractivity contribution in [3.05, 3.63) is 18.0 Å². The molecule has 0 spiro atoms. The molecular weight excluding hydrogens is 242 g/mol. The lowest BCUT2D eigenvalue weighted by Crippen LogP contribution is -2.49. The third-order valence-electron chi connectivity index (χ3n) is 3.46. The zero-order valence-electron chi connectivity index (χ0n) is 12.1. The first-order valence-electron chi connectivity index (χ1n) is 6.96. The summed E-state index contributed by atoms with van der Waals surface area (Å²) >= 11 is 0. The number of aryl methyl sites for hydroxylation is 2. The number of nitrogens with zero attached hydrogens (tertiary/aromatic N) is 2. The van der Waals surface area contributed by atoms with Gasteiger partial charge in [0.2, 0.25) is 0 Å². The van der Waals surface area contributed by atoms with Crippen LogP contribution in [0.2, 0.25) is 0 Å². The molecule has 108 valence electrons. The Morgan fingerprint density at radius 1 is 1.53 bits per heavy atom. The van der Waals surface area contributed by atoms with E-state index in [0.29, 0.717) is 6.42 Å². The van der Waals surface area contributed by atoms with Crippen LogP contribution in [-0.4, -0.2) is 32.9 Å². The summed E-state index contributed by atoms with van der Waals surface area (Å²) in [5.74, 6) is -0.767. The summed E-state index contributed by atoms with van der Waals surface area (Å²) < 4.78 is 1.96. The summed E-state index contributed by atoms with van der Waals surface area (Å²) in [7, 11) is 0. The first-order valence-corrected chi connectivity index (χ1v) is 6.96. The average molecular weight is 267 g/mol. The molecule has 5 heteroatoms. The molecule has 1 unspecified atom stereocenters. The Bertz CT molecular complexity index is 403. The lowest BCUT2D eigenvalue weighted by atomic mass is 9.94. The Kier molecular flexibility index (Phi) is 6.02. The Labute approximate surface area is 115 Å². The summed E-state index contributed by atoms with van der Waals surface area (Å²) in [6.07, 6.45) is 5.19. The minimum atomic E-state index is -0.810. The summed E-state index contributed by atoms with van der Waals surface area (Å²) in [6, 6.07) is 1.98. The normalized spacial score (nSPS) is 14.3. The summed E-state index contributed by atoms with van der Waals surface area (Å²) in [4.78, 5) is 11.3. The van der Waals surface area contributed by atoms with Gasteiger partial charge in [-0.3, -0.25) is 9.48 Å². The maximum atomic E-state index is 11.3. The number of unbranched alkanes of at least 4 members (excludes halogenated alkanes) is 1. The molecule has 0 saturated heterocycles. The van der Waals surface area contributed by atoms with E-state index in [1.54, 1.807) is 13.1 Å². The van der Waals surface area contributed by atoms with Crippen LogP contribution < -0.4 is 5.32 Å². The van der Waals surface area contributed by atoms with Crippen LogP contribution in [0.1, 0.15) is 45.2 Å². The molecule has 0 aliphatic carbocycles. The lowest BCUT2D eigenvalue weighted by Gasteiger charge is -2.26. The third kappa shape index (κ3) is 4.67. The van der Waals surface area contributed by atoms with E-state index in [-0.39, 0.29) is 0 Å². The van der Waals surface area contributed by atoms with E-state index in [1.165, 1.54) is 0 Å². The fourth-order valence-corrected chi connectivity index (χ4v) is 2.04. The van der Waals surface area contributed by atoms with Crippen LogP contribution >= 0.6 is 0 Å². The van der Waals surface area contributed by atoms with Gasteiger partial charge in [0.05, 0.1) is 0 Å². The van der Waals surface area contributed by atoms with Crippen molar-refractivity contribution in [2.24, 2.45) is 0 Å². The molecule has 0 radical (unpaired) electrons. The van der Waals surface area contributed by atoms with Gasteiger partial charge in [0.15, 0.2) is 0 Å². The number of carboxylic acid groups (broad SMARTS) is 1. The summed E-state index contributed by atoms with van der Waals surface area (Å²) in [6.45, 7) is 7.42. The number of rotatable bonds is 9. The molecule has 0 saturated carbocycles. The first kappa shape index (κ1) is 15.7. The van der Waals surface area contributed by atoms with Gasteiger partial charge in [-0.25, -0.2) is 0 Å². The first-order chi connectivity index (χ1) is 8.99. The Hall–Kier alpha value is -1.36. The molecular formula is C14H25N3O2. The van der Waals surface area contributed by atoms with Gasteiger partial charge in [0, 0.05) is 18.4 Å². The number of carboxylic acids is 1. The quantitative estimate of drug-likeness (QED) is 0.673. The molecule has 0 aliphatic heterocycles. The van der Waals surface area contributed by atoms with Gasteiger partial charge < -0.3 is 10.4 Å². The zero-order chi connectivity index (χ0) is 14.3. The molecule has 0 aromatic carbocycles. The SMILES string of the molecule is CCCNC(C)(CCCCn1nccc1C)C(=O)O. The second-order valence-electron chi connectivity index (χ2n) is 5.22. The number of hydrogen-bond donors (Lipinski definition) is 2. The van der Waals surface area contributed by atoms with Gasteiger partial charge in [-0.15, -0.1) is 0 Å². The highest BCUT2D eigenvalue weighted by Crippen LogP contribution is 2.15. The molecule has 5 nitrogen and oxygen atoms in total. The van der Waals surface area contributed by atoms with Crippen LogP contribution in [0, 0.1) is 6.92 Å². The molecule has 2 N–H and O–H groups in total. The van der Waals surface area contributed by atoms with Crippen LogP contribution in [0.15, 0.2) is 12.3 Å².